The molecule has 7 heteroatoms. The lowest BCUT2D eigenvalue weighted by molar-refractivity contribution is 0.169. The summed E-state index contributed by atoms with van der Waals surface area (Å²) in [6.07, 6.45) is 1.53. The molecule has 190 valence electrons. The topological polar surface area (TPSA) is 89.8 Å². The van der Waals surface area contributed by atoms with Gasteiger partial charge in [0, 0.05) is 11.9 Å². The lowest BCUT2D eigenvalue weighted by atomic mass is 9.83. The third-order valence-electron chi connectivity index (χ3n) is 5.49. The average Bonchev–Trinajstić information content (AvgIpc) is 2.72. The van der Waals surface area contributed by atoms with Gasteiger partial charge in [0.05, 0.1) is 30.3 Å². The zero-order valence-electron chi connectivity index (χ0n) is 22.1. The van der Waals surface area contributed by atoms with Crippen LogP contribution in [0.1, 0.15) is 86.4 Å². The lowest BCUT2D eigenvalue weighted by Crippen LogP contribution is -2.41. The molecule has 1 amide bonds. The molecule has 0 aliphatic carbocycles. The molecular formula is C27H42N2O5. The number of aromatic nitrogens is 1. The number of unbranched alkanes of at least 4 members (excludes halogenated alkanes) is 1. The summed E-state index contributed by atoms with van der Waals surface area (Å²) in [5, 5.41) is 13.5. The van der Waals surface area contributed by atoms with E-state index in [1.165, 1.54) is 0 Å². The highest BCUT2D eigenvalue weighted by Gasteiger charge is 2.35. The van der Waals surface area contributed by atoms with Crippen LogP contribution in [0.25, 0.3) is 10.8 Å². The van der Waals surface area contributed by atoms with E-state index in [1.54, 1.807) is 10.6 Å². The maximum atomic E-state index is 13.9. The highest BCUT2D eigenvalue weighted by Crippen LogP contribution is 2.41. The van der Waals surface area contributed by atoms with Crippen LogP contribution in [-0.2, 0) is 6.54 Å². The number of fused-ring (bicyclic) bond motifs is 1. The van der Waals surface area contributed by atoms with E-state index in [-0.39, 0.29) is 11.0 Å². The molecule has 1 unspecified atom stereocenters. The lowest BCUT2D eigenvalue weighted by Gasteiger charge is -2.35. The van der Waals surface area contributed by atoms with Crippen molar-refractivity contribution in [2.75, 3.05) is 13.2 Å². The predicted octanol–water partition coefficient (Wildman–Crippen LogP) is 6.37. The maximum Gasteiger partial charge on any atom is 0.405 e. The predicted molar refractivity (Wildman–Crippen MR) is 137 cm³/mol. The number of pyridine rings is 1. The third-order valence-corrected chi connectivity index (χ3v) is 5.49. The molecule has 0 fully saturated rings. The van der Waals surface area contributed by atoms with Crippen LogP contribution in [0.4, 0.5) is 4.79 Å². The van der Waals surface area contributed by atoms with Gasteiger partial charge in [0.2, 0.25) is 0 Å². The van der Waals surface area contributed by atoms with E-state index in [0.29, 0.717) is 47.7 Å². The number of rotatable bonds is 10. The van der Waals surface area contributed by atoms with Gasteiger partial charge in [-0.15, -0.1) is 0 Å². The molecule has 1 aromatic heterocycles. The number of benzene rings is 1. The Morgan fingerprint density at radius 2 is 1.71 bits per heavy atom. The van der Waals surface area contributed by atoms with Crippen LogP contribution >= 0.6 is 0 Å². The summed E-state index contributed by atoms with van der Waals surface area (Å²) in [5.74, 6) is 1.19. The monoisotopic (exact) mass is 474 g/mol. The van der Waals surface area contributed by atoms with Crippen molar-refractivity contribution in [3.05, 3.63) is 34.2 Å². The molecule has 1 atom stereocenters. The van der Waals surface area contributed by atoms with E-state index >= 15 is 0 Å². The van der Waals surface area contributed by atoms with Gasteiger partial charge < -0.3 is 24.5 Å². The summed E-state index contributed by atoms with van der Waals surface area (Å²) in [4.78, 5) is 25.8. The zero-order chi connectivity index (χ0) is 25.7. The van der Waals surface area contributed by atoms with E-state index in [0.717, 1.165) is 19.3 Å². The summed E-state index contributed by atoms with van der Waals surface area (Å²) >= 11 is 0. The summed E-state index contributed by atoms with van der Waals surface area (Å²) < 4.78 is 13.9. The minimum absolute atomic E-state index is 0.175. The molecule has 1 aromatic carbocycles. The fourth-order valence-corrected chi connectivity index (χ4v) is 3.93. The third kappa shape index (κ3) is 6.90. The number of hydrogen-bond donors (Lipinski definition) is 2. The molecule has 2 N–H and O–H groups in total. The molecule has 2 aromatic rings. The molecule has 2 rings (SSSR count). The van der Waals surface area contributed by atoms with Gasteiger partial charge in [0.1, 0.15) is 11.5 Å². The molecule has 0 bridgehead atoms. The van der Waals surface area contributed by atoms with Crippen LogP contribution in [0.5, 0.6) is 11.5 Å². The normalized spacial score (nSPS) is 13.1. The fourth-order valence-electron chi connectivity index (χ4n) is 3.93. The van der Waals surface area contributed by atoms with Gasteiger partial charge in [-0.1, -0.05) is 61.8 Å². The molecule has 1 heterocycles. The Balaban J connectivity index is 2.97. The number of carbonyl (C=O) groups is 1. The summed E-state index contributed by atoms with van der Waals surface area (Å²) in [5.41, 5.74) is -0.341. The standard InChI is InChI=1S/C27H42N2O5/c1-9-11-15-34-22-19-13-12-18(33-14-10-2)16-20(19)24(30)29(17-26(3,4)5)21(22)23(27(6,7)8)28-25(31)32/h12-13,16,23,28H,9-11,14-15,17H2,1-8H3,(H,31,32). The number of amides is 1. The average molecular weight is 475 g/mol. The smallest absolute Gasteiger partial charge is 0.405 e. The number of ether oxygens (including phenoxy) is 2. The Morgan fingerprint density at radius 3 is 2.24 bits per heavy atom. The Hall–Kier alpha value is -2.70. The first kappa shape index (κ1) is 27.5. The van der Waals surface area contributed by atoms with Crippen molar-refractivity contribution in [3.8, 4) is 11.5 Å². The van der Waals surface area contributed by atoms with E-state index in [1.807, 2.05) is 39.8 Å². The van der Waals surface area contributed by atoms with E-state index in [2.05, 4.69) is 33.0 Å². The maximum absolute atomic E-state index is 13.9. The molecule has 0 saturated carbocycles. The minimum atomic E-state index is -1.14. The number of carboxylic acid groups (broad SMARTS) is 1. The van der Waals surface area contributed by atoms with Crippen molar-refractivity contribution < 1.29 is 19.4 Å². The molecule has 7 nitrogen and oxygen atoms in total. The zero-order valence-corrected chi connectivity index (χ0v) is 22.1. The molecule has 0 saturated heterocycles. The largest absolute Gasteiger partial charge is 0.494 e. The van der Waals surface area contributed by atoms with Gasteiger partial charge in [0.15, 0.2) is 0 Å². The van der Waals surface area contributed by atoms with Crippen LogP contribution in [0, 0.1) is 10.8 Å². The number of nitrogens with one attached hydrogen (secondary N) is 1. The Kier molecular flexibility index (Phi) is 9.03. The Labute approximate surface area is 203 Å². The molecule has 0 aliphatic rings. The summed E-state index contributed by atoms with van der Waals surface area (Å²) in [7, 11) is 0. The van der Waals surface area contributed by atoms with E-state index < -0.39 is 17.6 Å². The van der Waals surface area contributed by atoms with Gasteiger partial charge in [-0.25, -0.2) is 4.79 Å². The molecule has 0 aliphatic heterocycles. The number of nitrogens with zero attached hydrogens (tertiary/aromatic N) is 1. The van der Waals surface area contributed by atoms with Crippen LogP contribution in [0.3, 0.4) is 0 Å². The van der Waals surface area contributed by atoms with Crippen molar-refractivity contribution in [1.82, 2.24) is 9.88 Å². The fraction of sp³-hybridized carbons (Fsp3) is 0.630. The first-order chi connectivity index (χ1) is 15.8. The quantitative estimate of drug-likeness (QED) is 0.391. The first-order valence-corrected chi connectivity index (χ1v) is 12.3. The van der Waals surface area contributed by atoms with Crippen molar-refractivity contribution in [2.24, 2.45) is 10.8 Å². The van der Waals surface area contributed by atoms with Gasteiger partial charge in [-0.05, 0) is 41.9 Å². The van der Waals surface area contributed by atoms with Crippen molar-refractivity contribution >= 4 is 16.9 Å². The second kappa shape index (κ2) is 11.2. The van der Waals surface area contributed by atoms with E-state index in [4.69, 9.17) is 9.47 Å². The van der Waals surface area contributed by atoms with Crippen molar-refractivity contribution in [2.45, 2.75) is 87.2 Å². The van der Waals surface area contributed by atoms with Gasteiger partial charge in [-0.2, -0.15) is 0 Å². The van der Waals surface area contributed by atoms with E-state index in [9.17, 15) is 14.7 Å². The second-order valence-corrected chi connectivity index (χ2v) is 11.2. The first-order valence-electron chi connectivity index (χ1n) is 12.3. The van der Waals surface area contributed by atoms with Gasteiger partial charge in [-0.3, -0.25) is 4.79 Å². The summed E-state index contributed by atoms with van der Waals surface area (Å²) in [6.45, 7) is 17.6. The number of hydrogen-bond acceptors (Lipinski definition) is 4. The molecular weight excluding hydrogens is 432 g/mol. The molecule has 0 radical (unpaired) electrons. The molecule has 0 spiro atoms. The summed E-state index contributed by atoms with van der Waals surface area (Å²) in [6, 6.07) is 4.82. The Morgan fingerprint density at radius 1 is 1.03 bits per heavy atom. The van der Waals surface area contributed by atoms with Crippen LogP contribution in [-0.4, -0.2) is 29.0 Å². The highest BCUT2D eigenvalue weighted by molar-refractivity contribution is 5.90. The van der Waals surface area contributed by atoms with Gasteiger partial charge in [0.25, 0.3) is 5.56 Å². The van der Waals surface area contributed by atoms with Crippen LogP contribution in [0.15, 0.2) is 23.0 Å². The minimum Gasteiger partial charge on any atom is -0.494 e. The van der Waals surface area contributed by atoms with Gasteiger partial charge >= 0.3 is 6.09 Å². The second-order valence-electron chi connectivity index (χ2n) is 11.2. The highest BCUT2D eigenvalue weighted by atomic mass is 16.5. The van der Waals surface area contributed by atoms with Crippen LogP contribution in [0.2, 0.25) is 0 Å². The molecule has 34 heavy (non-hydrogen) atoms. The SMILES string of the molecule is CCCCOc1c(C(NC(=O)O)C(C)(C)C)n(CC(C)(C)C)c(=O)c2cc(OCCC)ccc12. The van der Waals surface area contributed by atoms with Crippen LogP contribution < -0.4 is 20.3 Å². The Bertz CT molecular complexity index is 1040. The van der Waals surface area contributed by atoms with Crippen molar-refractivity contribution in [3.63, 3.8) is 0 Å². The van der Waals surface area contributed by atoms with Crippen molar-refractivity contribution in [1.29, 1.82) is 0 Å².